The first-order chi connectivity index (χ1) is 8.75. The van der Waals surface area contributed by atoms with E-state index in [9.17, 15) is 4.79 Å². The van der Waals surface area contributed by atoms with Gasteiger partial charge in [0.1, 0.15) is 0 Å². The van der Waals surface area contributed by atoms with E-state index in [0.29, 0.717) is 18.5 Å². The van der Waals surface area contributed by atoms with Crippen molar-refractivity contribution in [3.63, 3.8) is 0 Å². The summed E-state index contributed by atoms with van der Waals surface area (Å²) in [6.45, 7) is 3.71. The molecular weight excluding hydrogens is 224 g/mol. The van der Waals surface area contributed by atoms with Gasteiger partial charge in [-0.3, -0.25) is 4.79 Å². The maximum absolute atomic E-state index is 11.8. The van der Waals surface area contributed by atoms with Crippen molar-refractivity contribution in [1.82, 2.24) is 10.6 Å². The van der Waals surface area contributed by atoms with E-state index in [-0.39, 0.29) is 5.91 Å². The Hall–Kier alpha value is -0.570. The van der Waals surface area contributed by atoms with Crippen LogP contribution in [-0.2, 0) is 4.79 Å². The molecule has 0 bridgehead atoms. The molecule has 104 valence electrons. The van der Waals surface area contributed by atoms with E-state index in [1.54, 1.807) is 0 Å². The molecule has 0 heterocycles. The lowest BCUT2D eigenvalue weighted by Crippen LogP contribution is -2.41. The van der Waals surface area contributed by atoms with Crippen LogP contribution in [0.3, 0.4) is 0 Å². The molecule has 1 amide bonds. The summed E-state index contributed by atoms with van der Waals surface area (Å²) in [6, 6.07) is 0.587. The summed E-state index contributed by atoms with van der Waals surface area (Å²) in [6.07, 6.45) is 10.5. The Kier molecular flexibility index (Phi) is 5.48. The van der Waals surface area contributed by atoms with Crippen molar-refractivity contribution in [2.24, 2.45) is 11.8 Å². The third-order valence-corrected chi connectivity index (χ3v) is 4.76. The van der Waals surface area contributed by atoms with Crippen LogP contribution in [0.25, 0.3) is 0 Å². The summed E-state index contributed by atoms with van der Waals surface area (Å²) in [5.74, 6) is 1.66. The minimum Gasteiger partial charge on any atom is -0.355 e. The Bertz CT molecular complexity index is 261. The van der Waals surface area contributed by atoms with E-state index in [0.717, 1.165) is 12.5 Å². The van der Waals surface area contributed by atoms with Crippen molar-refractivity contribution in [2.45, 2.75) is 64.3 Å². The molecule has 0 spiro atoms. The van der Waals surface area contributed by atoms with Gasteiger partial charge in [0.2, 0.25) is 5.91 Å². The first-order valence-electron chi connectivity index (χ1n) is 7.76. The van der Waals surface area contributed by atoms with E-state index < -0.39 is 0 Å². The molecule has 0 aliphatic heterocycles. The summed E-state index contributed by atoms with van der Waals surface area (Å²) in [7, 11) is 0. The summed E-state index contributed by atoms with van der Waals surface area (Å²) in [5, 5.41) is 6.47. The summed E-state index contributed by atoms with van der Waals surface area (Å²) in [5.41, 5.74) is 0. The van der Waals surface area contributed by atoms with E-state index in [4.69, 9.17) is 0 Å². The number of hydrogen-bond acceptors (Lipinski definition) is 2. The lowest BCUT2D eigenvalue weighted by molar-refractivity contribution is -0.120. The molecule has 2 unspecified atom stereocenters. The van der Waals surface area contributed by atoms with Crippen LogP contribution in [0.5, 0.6) is 0 Å². The third kappa shape index (κ3) is 4.27. The zero-order valence-corrected chi connectivity index (χ0v) is 11.7. The quantitative estimate of drug-likeness (QED) is 0.789. The summed E-state index contributed by atoms with van der Waals surface area (Å²) >= 11 is 0. The molecule has 0 aromatic carbocycles. The van der Waals surface area contributed by atoms with Crippen LogP contribution in [-0.4, -0.2) is 25.0 Å². The van der Waals surface area contributed by atoms with Crippen LogP contribution in [0, 0.1) is 11.8 Å². The highest BCUT2D eigenvalue weighted by Crippen LogP contribution is 2.28. The van der Waals surface area contributed by atoms with Gasteiger partial charge in [0.15, 0.2) is 0 Å². The molecule has 0 saturated heterocycles. The number of nitrogens with one attached hydrogen (secondary N) is 2. The number of hydrogen-bond donors (Lipinski definition) is 2. The maximum Gasteiger partial charge on any atom is 0.233 e. The van der Waals surface area contributed by atoms with E-state index in [2.05, 4.69) is 17.6 Å². The zero-order valence-electron chi connectivity index (χ0n) is 11.7. The zero-order chi connectivity index (χ0) is 12.8. The van der Waals surface area contributed by atoms with Gasteiger partial charge in [-0.05, 0) is 31.1 Å². The molecule has 2 rings (SSSR count). The van der Waals surface area contributed by atoms with Gasteiger partial charge in [-0.25, -0.2) is 0 Å². The molecule has 18 heavy (non-hydrogen) atoms. The van der Waals surface area contributed by atoms with Crippen molar-refractivity contribution in [3.8, 4) is 0 Å². The van der Waals surface area contributed by atoms with Gasteiger partial charge in [0.25, 0.3) is 0 Å². The van der Waals surface area contributed by atoms with Crippen LogP contribution in [0.15, 0.2) is 0 Å². The Balaban J connectivity index is 1.58. The molecule has 2 saturated carbocycles. The smallest absolute Gasteiger partial charge is 0.233 e. The van der Waals surface area contributed by atoms with Crippen LogP contribution in [0.4, 0.5) is 0 Å². The van der Waals surface area contributed by atoms with E-state index in [1.807, 2.05) is 0 Å². The molecule has 2 atom stereocenters. The second-order valence-electron chi connectivity index (χ2n) is 6.19. The fraction of sp³-hybridized carbons (Fsp3) is 0.933. The van der Waals surface area contributed by atoms with Crippen LogP contribution >= 0.6 is 0 Å². The molecule has 0 aromatic rings. The van der Waals surface area contributed by atoms with Gasteiger partial charge in [0, 0.05) is 12.6 Å². The molecule has 2 aliphatic rings. The lowest BCUT2D eigenvalue weighted by atomic mass is 9.80. The third-order valence-electron chi connectivity index (χ3n) is 4.76. The second-order valence-corrected chi connectivity index (χ2v) is 6.19. The first kappa shape index (κ1) is 13.9. The van der Waals surface area contributed by atoms with Crippen molar-refractivity contribution < 1.29 is 4.79 Å². The molecule has 2 fully saturated rings. The highest BCUT2D eigenvalue weighted by molar-refractivity contribution is 5.78. The topological polar surface area (TPSA) is 41.1 Å². The van der Waals surface area contributed by atoms with Gasteiger partial charge in [0.05, 0.1) is 6.54 Å². The molecule has 2 aliphatic carbocycles. The summed E-state index contributed by atoms with van der Waals surface area (Å²) in [4.78, 5) is 11.8. The van der Waals surface area contributed by atoms with Gasteiger partial charge in [-0.2, -0.15) is 0 Å². The van der Waals surface area contributed by atoms with Gasteiger partial charge >= 0.3 is 0 Å². The second kappa shape index (κ2) is 7.13. The molecule has 0 aromatic heterocycles. The lowest BCUT2D eigenvalue weighted by Gasteiger charge is -2.28. The van der Waals surface area contributed by atoms with Crippen LogP contribution in [0.2, 0.25) is 0 Å². The molecule has 3 nitrogen and oxygen atoms in total. The summed E-state index contributed by atoms with van der Waals surface area (Å²) < 4.78 is 0. The number of carbonyl (C=O) groups is 1. The largest absolute Gasteiger partial charge is 0.355 e. The van der Waals surface area contributed by atoms with Gasteiger partial charge in [-0.1, -0.05) is 39.0 Å². The predicted octanol–water partition coefficient (Wildman–Crippen LogP) is 2.46. The first-order valence-corrected chi connectivity index (χ1v) is 7.76. The average Bonchev–Trinajstić information content (AvgIpc) is 2.88. The van der Waals surface area contributed by atoms with Crippen molar-refractivity contribution >= 4 is 5.91 Å². The minimum atomic E-state index is 0.180. The SMILES string of the molecule is CC1CCCCC1CNC(=O)CNC1CCCC1. The molecule has 0 radical (unpaired) electrons. The standard InChI is InChI=1S/C15H28N2O/c1-12-6-2-3-7-13(12)10-17-15(18)11-16-14-8-4-5-9-14/h12-14,16H,2-11H2,1H3,(H,17,18). The molecule has 3 heteroatoms. The van der Waals surface area contributed by atoms with Crippen molar-refractivity contribution in [1.29, 1.82) is 0 Å². The highest BCUT2D eigenvalue weighted by Gasteiger charge is 2.21. The minimum absolute atomic E-state index is 0.180. The fourth-order valence-electron chi connectivity index (χ4n) is 3.37. The normalized spacial score (nSPS) is 29.4. The van der Waals surface area contributed by atoms with Crippen LogP contribution < -0.4 is 10.6 Å². The van der Waals surface area contributed by atoms with Crippen molar-refractivity contribution in [3.05, 3.63) is 0 Å². The monoisotopic (exact) mass is 252 g/mol. The van der Waals surface area contributed by atoms with E-state index >= 15 is 0 Å². The van der Waals surface area contributed by atoms with Gasteiger partial charge in [-0.15, -0.1) is 0 Å². The van der Waals surface area contributed by atoms with E-state index in [1.165, 1.54) is 51.4 Å². The number of rotatable bonds is 5. The Morgan fingerprint density at radius 2 is 1.72 bits per heavy atom. The molecular formula is C15H28N2O. The number of carbonyl (C=O) groups excluding carboxylic acids is 1. The Morgan fingerprint density at radius 3 is 2.44 bits per heavy atom. The highest BCUT2D eigenvalue weighted by atomic mass is 16.1. The fourth-order valence-corrected chi connectivity index (χ4v) is 3.37. The number of amides is 1. The predicted molar refractivity (Wildman–Crippen MR) is 74.4 cm³/mol. The Labute approximate surface area is 111 Å². The van der Waals surface area contributed by atoms with Crippen LogP contribution in [0.1, 0.15) is 58.3 Å². The van der Waals surface area contributed by atoms with Crippen molar-refractivity contribution in [2.75, 3.05) is 13.1 Å². The maximum atomic E-state index is 11.8. The Morgan fingerprint density at radius 1 is 1.06 bits per heavy atom. The average molecular weight is 252 g/mol. The molecule has 2 N–H and O–H groups in total. The van der Waals surface area contributed by atoms with Gasteiger partial charge < -0.3 is 10.6 Å².